The van der Waals surface area contributed by atoms with Gasteiger partial charge in [0, 0.05) is 0 Å². The van der Waals surface area contributed by atoms with Crippen molar-refractivity contribution in [3.05, 3.63) is 58.1 Å². The molecule has 4 amide bonds. The van der Waals surface area contributed by atoms with E-state index in [1.807, 2.05) is 26.0 Å². The number of barbiturate groups is 1. The van der Waals surface area contributed by atoms with E-state index >= 15 is 0 Å². The fraction of sp³-hybridized carbons (Fsp3) is 0.452. The molecular formula is C31H33ClN2O5. The van der Waals surface area contributed by atoms with Gasteiger partial charge in [0.1, 0.15) is 5.57 Å². The number of hydrogen-bond acceptors (Lipinski definition) is 5. The summed E-state index contributed by atoms with van der Waals surface area (Å²) in [4.78, 5) is 40.1. The van der Waals surface area contributed by atoms with E-state index in [1.165, 1.54) is 50.2 Å². The quantitative estimate of drug-likeness (QED) is 0.325. The van der Waals surface area contributed by atoms with Crippen molar-refractivity contribution in [3.63, 3.8) is 0 Å². The van der Waals surface area contributed by atoms with E-state index in [-0.39, 0.29) is 11.0 Å². The van der Waals surface area contributed by atoms with Crippen LogP contribution in [-0.4, -0.2) is 31.1 Å². The van der Waals surface area contributed by atoms with E-state index < -0.39 is 17.8 Å². The second-order valence-corrected chi connectivity index (χ2v) is 11.8. The number of anilines is 1. The van der Waals surface area contributed by atoms with Crippen molar-refractivity contribution in [3.8, 4) is 11.5 Å². The lowest BCUT2D eigenvalue weighted by atomic mass is 9.48. The van der Waals surface area contributed by atoms with Gasteiger partial charge in [-0.05, 0) is 117 Å². The van der Waals surface area contributed by atoms with Gasteiger partial charge in [-0.2, -0.15) is 0 Å². The molecule has 1 heterocycles. The molecule has 7 nitrogen and oxygen atoms in total. The first-order valence-corrected chi connectivity index (χ1v) is 14.3. The Morgan fingerprint density at radius 3 is 2.15 bits per heavy atom. The summed E-state index contributed by atoms with van der Waals surface area (Å²) in [5.74, 6) is 1.84. The van der Waals surface area contributed by atoms with E-state index in [4.69, 9.17) is 21.1 Å². The van der Waals surface area contributed by atoms with Crippen molar-refractivity contribution in [1.29, 1.82) is 0 Å². The third-order valence-electron chi connectivity index (χ3n) is 8.81. The van der Waals surface area contributed by atoms with Crippen LogP contribution in [0.1, 0.15) is 63.5 Å². The minimum absolute atomic E-state index is 0.164. The molecule has 5 fully saturated rings. The van der Waals surface area contributed by atoms with Gasteiger partial charge in [0.05, 0.1) is 23.9 Å². The molecule has 4 aliphatic carbocycles. The van der Waals surface area contributed by atoms with Gasteiger partial charge in [0.25, 0.3) is 11.8 Å². The lowest BCUT2D eigenvalue weighted by Gasteiger charge is -2.57. The average Bonchev–Trinajstić information content (AvgIpc) is 2.88. The molecule has 0 unspecified atom stereocenters. The number of ether oxygens (including phenoxy) is 2. The minimum Gasteiger partial charge on any atom is -0.490 e. The molecule has 1 aliphatic heterocycles. The first-order valence-electron chi connectivity index (χ1n) is 13.9. The van der Waals surface area contributed by atoms with Gasteiger partial charge >= 0.3 is 6.03 Å². The summed E-state index contributed by atoms with van der Waals surface area (Å²) in [7, 11) is 0. The Hall–Kier alpha value is -3.32. The molecule has 2 aromatic carbocycles. The van der Waals surface area contributed by atoms with Crippen LogP contribution in [0.25, 0.3) is 6.08 Å². The number of carbonyl (C=O) groups excluding carboxylic acids is 3. The summed E-state index contributed by atoms with van der Waals surface area (Å²) in [5.41, 5.74) is 2.27. The maximum Gasteiger partial charge on any atom is 0.335 e. The Morgan fingerprint density at radius 1 is 0.949 bits per heavy atom. The van der Waals surface area contributed by atoms with Crippen LogP contribution in [-0.2, 0) is 15.0 Å². The van der Waals surface area contributed by atoms with Crippen LogP contribution in [0.3, 0.4) is 0 Å². The van der Waals surface area contributed by atoms with Crippen LogP contribution >= 0.6 is 11.6 Å². The molecule has 2 aromatic rings. The van der Waals surface area contributed by atoms with E-state index in [0.717, 1.165) is 22.7 Å². The molecule has 8 heteroatoms. The van der Waals surface area contributed by atoms with Crippen LogP contribution in [0.5, 0.6) is 11.5 Å². The molecule has 0 spiro atoms. The number of nitrogens with one attached hydrogen (secondary N) is 1. The number of carbonyl (C=O) groups is 3. The Balaban J connectivity index is 1.29. The maximum atomic E-state index is 13.5. The van der Waals surface area contributed by atoms with E-state index in [1.54, 1.807) is 12.1 Å². The number of hydrogen-bond donors (Lipinski definition) is 1. The molecule has 204 valence electrons. The van der Waals surface area contributed by atoms with Crippen molar-refractivity contribution in [2.75, 3.05) is 18.1 Å². The summed E-state index contributed by atoms with van der Waals surface area (Å²) in [6.45, 7) is 4.47. The van der Waals surface area contributed by atoms with Crippen LogP contribution < -0.4 is 19.7 Å². The Labute approximate surface area is 233 Å². The molecule has 1 N–H and O–H groups in total. The van der Waals surface area contributed by atoms with Gasteiger partial charge in [-0.1, -0.05) is 23.7 Å². The van der Waals surface area contributed by atoms with Crippen molar-refractivity contribution in [2.24, 2.45) is 17.8 Å². The highest BCUT2D eigenvalue weighted by atomic mass is 35.5. The van der Waals surface area contributed by atoms with Crippen molar-refractivity contribution in [2.45, 2.75) is 57.8 Å². The first-order chi connectivity index (χ1) is 18.8. The molecular weight excluding hydrogens is 516 g/mol. The van der Waals surface area contributed by atoms with E-state index in [2.05, 4.69) is 17.4 Å². The summed E-state index contributed by atoms with van der Waals surface area (Å²) in [6, 6.07) is 10.3. The first kappa shape index (κ1) is 25.9. The summed E-state index contributed by atoms with van der Waals surface area (Å²) >= 11 is 6.43. The molecule has 4 saturated carbocycles. The number of imide groups is 2. The minimum atomic E-state index is -0.760. The molecule has 0 atom stereocenters. The number of nitrogens with zero attached hydrogens (tertiary/aromatic N) is 1. The monoisotopic (exact) mass is 548 g/mol. The summed E-state index contributed by atoms with van der Waals surface area (Å²) < 4.78 is 11.3. The summed E-state index contributed by atoms with van der Waals surface area (Å²) in [5, 5.41) is 2.61. The highest BCUT2D eigenvalue weighted by Crippen LogP contribution is 2.60. The lowest BCUT2D eigenvalue weighted by Crippen LogP contribution is -2.54. The fourth-order valence-electron chi connectivity index (χ4n) is 7.71. The summed E-state index contributed by atoms with van der Waals surface area (Å²) in [6.07, 6.45) is 9.23. The standard InChI is InChI=1S/C31H33ClN2O5/c1-3-38-26-14-18(13-25(32)27(26)39-4-2)12-24-28(35)33-30(37)34(29(24)36)23-7-5-22(6-8-23)31-15-19-9-20(16-31)11-21(10-19)17-31/h5-8,12-14,19-21H,3-4,9-11,15-17H2,1-2H3,(H,33,35,37)/b24-12+. The van der Waals surface area contributed by atoms with Gasteiger partial charge < -0.3 is 9.47 Å². The third kappa shape index (κ3) is 4.61. The van der Waals surface area contributed by atoms with Crippen LogP contribution in [0.2, 0.25) is 5.02 Å². The van der Waals surface area contributed by atoms with Gasteiger partial charge in [0.15, 0.2) is 11.5 Å². The van der Waals surface area contributed by atoms with Gasteiger partial charge in [-0.3, -0.25) is 14.9 Å². The maximum absolute atomic E-state index is 13.5. The van der Waals surface area contributed by atoms with Crippen molar-refractivity contribution < 1.29 is 23.9 Å². The zero-order chi connectivity index (χ0) is 27.3. The Morgan fingerprint density at radius 2 is 1.56 bits per heavy atom. The number of halogens is 1. The molecule has 7 rings (SSSR count). The predicted octanol–water partition coefficient (Wildman–Crippen LogP) is 6.27. The second-order valence-electron chi connectivity index (χ2n) is 11.4. The van der Waals surface area contributed by atoms with E-state index in [9.17, 15) is 14.4 Å². The zero-order valence-corrected chi connectivity index (χ0v) is 23.1. The fourth-order valence-corrected chi connectivity index (χ4v) is 7.98. The van der Waals surface area contributed by atoms with Gasteiger partial charge in [0.2, 0.25) is 0 Å². The number of urea groups is 1. The highest BCUT2D eigenvalue weighted by Gasteiger charge is 2.51. The number of rotatable bonds is 7. The van der Waals surface area contributed by atoms with Crippen LogP contribution in [0.15, 0.2) is 42.0 Å². The number of amides is 4. The third-order valence-corrected chi connectivity index (χ3v) is 9.09. The van der Waals surface area contributed by atoms with E-state index in [0.29, 0.717) is 41.0 Å². The topological polar surface area (TPSA) is 84.9 Å². The molecule has 4 bridgehead atoms. The lowest BCUT2D eigenvalue weighted by molar-refractivity contribution is -0.122. The molecule has 39 heavy (non-hydrogen) atoms. The Kier molecular flexibility index (Phi) is 6.66. The largest absolute Gasteiger partial charge is 0.490 e. The molecule has 5 aliphatic rings. The van der Waals surface area contributed by atoms with Gasteiger partial charge in [-0.15, -0.1) is 0 Å². The van der Waals surface area contributed by atoms with Gasteiger partial charge in [-0.25, -0.2) is 9.69 Å². The second kappa shape index (κ2) is 10.0. The van der Waals surface area contributed by atoms with Crippen molar-refractivity contribution in [1.82, 2.24) is 5.32 Å². The average molecular weight is 549 g/mol. The molecule has 0 radical (unpaired) electrons. The van der Waals surface area contributed by atoms with Crippen LogP contribution in [0, 0.1) is 17.8 Å². The smallest absolute Gasteiger partial charge is 0.335 e. The Bertz CT molecular complexity index is 1330. The van der Waals surface area contributed by atoms with Crippen LogP contribution in [0.4, 0.5) is 10.5 Å². The number of benzene rings is 2. The molecule has 1 saturated heterocycles. The van der Waals surface area contributed by atoms with Crippen molar-refractivity contribution >= 4 is 41.2 Å². The highest BCUT2D eigenvalue weighted by molar-refractivity contribution is 6.39. The molecule has 0 aromatic heterocycles. The zero-order valence-electron chi connectivity index (χ0n) is 22.3. The normalized spacial score (nSPS) is 28.7. The predicted molar refractivity (Wildman–Crippen MR) is 149 cm³/mol. The SMILES string of the molecule is CCOc1cc(/C=C2\C(=O)NC(=O)N(c3ccc(C45CC6CC(CC(C6)C4)C5)cc3)C2=O)cc(Cl)c1OCC.